The molecule has 1 aromatic carbocycles. The molecule has 6 heteroatoms. The second kappa shape index (κ2) is 7.09. The topological polar surface area (TPSA) is 79.5 Å². The summed E-state index contributed by atoms with van der Waals surface area (Å²) < 4.78 is 4.97. The number of likely N-dealkylation sites (tertiary alicyclic amines) is 1. The van der Waals surface area contributed by atoms with Gasteiger partial charge in [0.1, 0.15) is 0 Å². The number of amides is 1. The maximum atomic E-state index is 12.7. The molecule has 6 nitrogen and oxygen atoms in total. The van der Waals surface area contributed by atoms with Gasteiger partial charge in [-0.05, 0) is 32.3 Å². The third-order valence-corrected chi connectivity index (χ3v) is 4.71. The molecule has 0 radical (unpaired) electrons. The van der Waals surface area contributed by atoms with Gasteiger partial charge in [-0.3, -0.25) is 14.4 Å². The van der Waals surface area contributed by atoms with Crippen molar-refractivity contribution >= 4 is 28.6 Å². The predicted octanol–water partition coefficient (Wildman–Crippen LogP) is 2.60. The molecule has 0 saturated carbocycles. The average molecular weight is 342 g/mol. The first-order chi connectivity index (χ1) is 12.0. The van der Waals surface area contributed by atoms with Crippen LogP contribution in [0.2, 0.25) is 0 Å². The number of fused-ring (bicyclic) bond motifs is 1. The summed E-state index contributed by atoms with van der Waals surface area (Å²) in [7, 11) is 0. The first-order valence-corrected chi connectivity index (χ1v) is 8.60. The summed E-state index contributed by atoms with van der Waals surface area (Å²) in [5.41, 5.74) is 2.26. The van der Waals surface area contributed by atoms with E-state index in [0.29, 0.717) is 25.1 Å². The third-order valence-electron chi connectivity index (χ3n) is 4.71. The number of benzene rings is 1. The molecule has 1 amide bonds. The lowest BCUT2D eigenvalue weighted by Gasteiger charge is -2.23. The zero-order valence-corrected chi connectivity index (χ0v) is 14.5. The summed E-state index contributed by atoms with van der Waals surface area (Å²) in [5, 5.41) is 0.750. The summed E-state index contributed by atoms with van der Waals surface area (Å²) in [5.74, 6) is -1.41. The van der Waals surface area contributed by atoms with Crippen molar-refractivity contribution in [1.82, 2.24) is 9.88 Å². The normalized spacial score (nSPS) is 17.0. The molecule has 0 bridgehead atoms. The Kier molecular flexibility index (Phi) is 4.88. The van der Waals surface area contributed by atoms with E-state index in [1.165, 1.54) is 4.90 Å². The summed E-state index contributed by atoms with van der Waals surface area (Å²) >= 11 is 0. The first-order valence-electron chi connectivity index (χ1n) is 8.60. The molecular formula is C19H22N2O4. The number of esters is 1. The number of ether oxygens (including phenoxy) is 1. The van der Waals surface area contributed by atoms with Crippen LogP contribution in [0.5, 0.6) is 0 Å². The van der Waals surface area contributed by atoms with E-state index in [4.69, 9.17) is 4.74 Å². The number of hydrogen-bond acceptors (Lipinski definition) is 4. The van der Waals surface area contributed by atoms with E-state index in [0.717, 1.165) is 22.9 Å². The predicted molar refractivity (Wildman–Crippen MR) is 93.4 cm³/mol. The maximum Gasteiger partial charge on any atom is 0.307 e. The van der Waals surface area contributed by atoms with Crippen molar-refractivity contribution in [2.45, 2.75) is 39.2 Å². The maximum absolute atomic E-state index is 12.7. The molecule has 1 saturated heterocycles. The van der Waals surface area contributed by atoms with Crippen molar-refractivity contribution in [3.63, 3.8) is 0 Å². The standard InChI is InChI=1S/C19H22N2O4/c1-3-25-16(22)10-13-7-5-9-21(13)19(24)18(23)15-11-20-17-12(2)6-4-8-14(15)17/h4,6,8,11,13,20H,3,5,7,9-10H2,1-2H3. The Morgan fingerprint density at radius 3 is 2.88 bits per heavy atom. The molecule has 2 heterocycles. The number of aryl methyl sites for hydroxylation is 1. The van der Waals surface area contributed by atoms with Crippen LogP contribution in [0.4, 0.5) is 0 Å². The fourth-order valence-electron chi connectivity index (χ4n) is 3.47. The van der Waals surface area contributed by atoms with Gasteiger partial charge < -0.3 is 14.6 Å². The zero-order chi connectivity index (χ0) is 18.0. The molecule has 2 aromatic rings. The summed E-state index contributed by atoms with van der Waals surface area (Å²) in [4.78, 5) is 41.8. The summed E-state index contributed by atoms with van der Waals surface area (Å²) in [6.45, 7) is 4.51. The minimum Gasteiger partial charge on any atom is -0.466 e. The number of nitrogens with one attached hydrogen (secondary N) is 1. The van der Waals surface area contributed by atoms with Gasteiger partial charge >= 0.3 is 5.97 Å². The number of H-pyrrole nitrogens is 1. The number of Topliss-reactive ketones (excluding diaryl/α,β-unsaturated/α-hetero) is 1. The molecular weight excluding hydrogens is 320 g/mol. The highest BCUT2D eigenvalue weighted by atomic mass is 16.5. The molecule has 1 atom stereocenters. The number of rotatable bonds is 5. The van der Waals surface area contributed by atoms with Crippen molar-refractivity contribution in [2.24, 2.45) is 0 Å². The Bertz CT molecular complexity index is 824. The molecule has 25 heavy (non-hydrogen) atoms. The van der Waals surface area contributed by atoms with Crippen LogP contribution in [0.15, 0.2) is 24.4 Å². The molecule has 1 fully saturated rings. The van der Waals surface area contributed by atoms with Gasteiger partial charge in [0.05, 0.1) is 18.6 Å². The van der Waals surface area contributed by atoms with Crippen molar-refractivity contribution in [3.05, 3.63) is 35.5 Å². The van der Waals surface area contributed by atoms with Crippen LogP contribution in [0, 0.1) is 6.92 Å². The summed E-state index contributed by atoms with van der Waals surface area (Å²) in [6, 6.07) is 5.39. The third kappa shape index (κ3) is 3.29. The fraction of sp³-hybridized carbons (Fsp3) is 0.421. The van der Waals surface area contributed by atoms with Gasteiger partial charge in [-0.25, -0.2) is 0 Å². The Morgan fingerprint density at radius 1 is 1.32 bits per heavy atom. The van der Waals surface area contributed by atoms with Gasteiger partial charge in [0.2, 0.25) is 0 Å². The van der Waals surface area contributed by atoms with E-state index in [-0.39, 0.29) is 18.4 Å². The van der Waals surface area contributed by atoms with Crippen LogP contribution in [0.1, 0.15) is 42.1 Å². The highest BCUT2D eigenvalue weighted by Crippen LogP contribution is 2.25. The number of carbonyl (C=O) groups is 3. The number of aromatic nitrogens is 1. The lowest BCUT2D eigenvalue weighted by atomic mass is 10.1. The van der Waals surface area contributed by atoms with Gasteiger partial charge in [0, 0.05) is 29.7 Å². The number of nitrogens with zero attached hydrogens (tertiary/aromatic N) is 1. The van der Waals surface area contributed by atoms with Gasteiger partial charge in [-0.1, -0.05) is 18.2 Å². The Hall–Kier alpha value is -2.63. The van der Waals surface area contributed by atoms with E-state index in [1.807, 2.05) is 25.1 Å². The van der Waals surface area contributed by atoms with Crippen LogP contribution in [-0.2, 0) is 14.3 Å². The second-order valence-electron chi connectivity index (χ2n) is 6.33. The van der Waals surface area contributed by atoms with Crippen LogP contribution in [0.25, 0.3) is 10.9 Å². The molecule has 132 valence electrons. The zero-order valence-electron chi connectivity index (χ0n) is 14.5. The average Bonchev–Trinajstić information content (AvgIpc) is 3.21. The smallest absolute Gasteiger partial charge is 0.307 e. The van der Waals surface area contributed by atoms with Gasteiger partial charge in [0.15, 0.2) is 0 Å². The van der Waals surface area contributed by atoms with E-state index in [2.05, 4.69) is 4.98 Å². The molecule has 1 N–H and O–H groups in total. The molecule has 3 rings (SSSR count). The van der Waals surface area contributed by atoms with Crippen LogP contribution in [0.3, 0.4) is 0 Å². The van der Waals surface area contributed by atoms with Gasteiger partial charge in [-0.2, -0.15) is 0 Å². The molecule has 1 unspecified atom stereocenters. The van der Waals surface area contributed by atoms with Crippen molar-refractivity contribution in [3.8, 4) is 0 Å². The lowest BCUT2D eigenvalue weighted by molar-refractivity contribution is -0.144. The number of carbonyl (C=O) groups excluding carboxylic acids is 3. The first kappa shape index (κ1) is 17.2. The van der Waals surface area contributed by atoms with E-state index >= 15 is 0 Å². The Labute approximate surface area is 146 Å². The van der Waals surface area contributed by atoms with Crippen molar-refractivity contribution in [2.75, 3.05) is 13.2 Å². The molecule has 1 aliphatic heterocycles. The Morgan fingerprint density at radius 2 is 2.12 bits per heavy atom. The number of para-hydroxylation sites is 1. The van der Waals surface area contributed by atoms with E-state index < -0.39 is 11.7 Å². The van der Waals surface area contributed by atoms with Crippen LogP contribution < -0.4 is 0 Å². The molecule has 1 aromatic heterocycles. The minimum atomic E-state index is -0.547. The number of ketones is 1. The van der Waals surface area contributed by atoms with Crippen LogP contribution in [-0.4, -0.2) is 46.7 Å². The van der Waals surface area contributed by atoms with E-state index in [9.17, 15) is 14.4 Å². The Balaban J connectivity index is 1.80. The minimum absolute atomic E-state index is 0.139. The molecule has 0 spiro atoms. The van der Waals surface area contributed by atoms with Gasteiger partial charge in [0.25, 0.3) is 11.7 Å². The quantitative estimate of drug-likeness (QED) is 0.515. The fourth-order valence-corrected chi connectivity index (χ4v) is 3.47. The van der Waals surface area contributed by atoms with Crippen molar-refractivity contribution < 1.29 is 19.1 Å². The molecule has 0 aliphatic carbocycles. The second-order valence-corrected chi connectivity index (χ2v) is 6.33. The SMILES string of the molecule is CCOC(=O)CC1CCCN1C(=O)C(=O)c1c[nH]c2c(C)cccc12. The summed E-state index contributed by atoms with van der Waals surface area (Å²) in [6.07, 6.45) is 3.23. The van der Waals surface area contributed by atoms with Gasteiger partial charge in [-0.15, -0.1) is 0 Å². The largest absolute Gasteiger partial charge is 0.466 e. The number of hydrogen-bond donors (Lipinski definition) is 1. The molecule has 1 aliphatic rings. The number of aromatic amines is 1. The highest BCUT2D eigenvalue weighted by Gasteiger charge is 2.35. The van der Waals surface area contributed by atoms with Crippen LogP contribution >= 0.6 is 0 Å². The van der Waals surface area contributed by atoms with Crippen molar-refractivity contribution in [1.29, 1.82) is 0 Å². The monoisotopic (exact) mass is 342 g/mol. The lowest BCUT2D eigenvalue weighted by Crippen LogP contribution is -2.41. The highest BCUT2D eigenvalue weighted by molar-refractivity contribution is 6.45. The van der Waals surface area contributed by atoms with E-state index in [1.54, 1.807) is 13.1 Å².